The summed E-state index contributed by atoms with van der Waals surface area (Å²) < 4.78 is 0. The molecule has 2 aromatic rings. The Kier molecular flexibility index (Phi) is 4.24. The Bertz CT molecular complexity index is 501. The van der Waals surface area contributed by atoms with Crippen LogP contribution in [0.1, 0.15) is 18.6 Å². The highest BCUT2D eigenvalue weighted by molar-refractivity contribution is 6.33. The van der Waals surface area contributed by atoms with Crippen molar-refractivity contribution in [2.24, 2.45) is 0 Å². The summed E-state index contributed by atoms with van der Waals surface area (Å²) in [6.07, 6.45) is -0.567. The van der Waals surface area contributed by atoms with E-state index in [2.05, 4.69) is 5.32 Å². The molecular formula is C15H16ClNO. The van der Waals surface area contributed by atoms with Gasteiger partial charge in [-0.2, -0.15) is 0 Å². The van der Waals surface area contributed by atoms with Crippen molar-refractivity contribution in [3.05, 3.63) is 65.2 Å². The largest absolute Gasteiger partial charge is 0.386 e. The van der Waals surface area contributed by atoms with E-state index in [0.29, 0.717) is 5.02 Å². The predicted molar refractivity (Wildman–Crippen MR) is 75.9 cm³/mol. The molecule has 0 aliphatic heterocycles. The first-order chi connectivity index (χ1) is 8.68. The summed E-state index contributed by atoms with van der Waals surface area (Å²) in [6.45, 7) is 1.93. The molecule has 94 valence electrons. The lowest BCUT2D eigenvalue weighted by Crippen LogP contribution is -2.24. The number of halogens is 1. The number of nitrogens with one attached hydrogen (secondary N) is 1. The van der Waals surface area contributed by atoms with Crippen LogP contribution in [0.2, 0.25) is 5.02 Å². The molecule has 2 rings (SSSR count). The maximum atomic E-state index is 10.2. The molecule has 0 spiro atoms. The SMILES string of the molecule is C[C@H](Nc1ccccc1Cl)[C@H](O)c1ccccc1. The van der Waals surface area contributed by atoms with Crippen LogP contribution in [0.3, 0.4) is 0 Å². The van der Waals surface area contributed by atoms with Gasteiger partial charge >= 0.3 is 0 Å². The lowest BCUT2D eigenvalue weighted by atomic mass is 10.0. The topological polar surface area (TPSA) is 32.3 Å². The highest BCUT2D eigenvalue weighted by Crippen LogP contribution is 2.25. The number of aliphatic hydroxyl groups excluding tert-OH is 1. The van der Waals surface area contributed by atoms with Crippen molar-refractivity contribution in [2.75, 3.05) is 5.32 Å². The van der Waals surface area contributed by atoms with Gasteiger partial charge in [-0.1, -0.05) is 54.1 Å². The minimum atomic E-state index is -0.567. The van der Waals surface area contributed by atoms with E-state index in [9.17, 15) is 5.11 Å². The van der Waals surface area contributed by atoms with Crippen molar-refractivity contribution < 1.29 is 5.11 Å². The van der Waals surface area contributed by atoms with Gasteiger partial charge in [-0.25, -0.2) is 0 Å². The highest BCUT2D eigenvalue weighted by Gasteiger charge is 2.16. The van der Waals surface area contributed by atoms with Crippen molar-refractivity contribution in [3.8, 4) is 0 Å². The fraction of sp³-hybridized carbons (Fsp3) is 0.200. The van der Waals surface area contributed by atoms with Crippen LogP contribution in [-0.4, -0.2) is 11.1 Å². The van der Waals surface area contributed by atoms with E-state index < -0.39 is 6.10 Å². The van der Waals surface area contributed by atoms with E-state index in [4.69, 9.17) is 11.6 Å². The van der Waals surface area contributed by atoms with Gasteiger partial charge in [-0.05, 0) is 24.6 Å². The number of benzene rings is 2. The van der Waals surface area contributed by atoms with Gasteiger partial charge in [0.1, 0.15) is 0 Å². The van der Waals surface area contributed by atoms with Crippen LogP contribution in [0.5, 0.6) is 0 Å². The molecule has 0 saturated carbocycles. The third-order valence-electron chi connectivity index (χ3n) is 2.87. The van der Waals surface area contributed by atoms with E-state index in [-0.39, 0.29) is 6.04 Å². The predicted octanol–water partition coefficient (Wildman–Crippen LogP) is 3.87. The first-order valence-corrected chi connectivity index (χ1v) is 6.30. The van der Waals surface area contributed by atoms with Gasteiger partial charge in [0.05, 0.1) is 22.9 Å². The first kappa shape index (κ1) is 12.9. The number of hydrogen-bond donors (Lipinski definition) is 2. The lowest BCUT2D eigenvalue weighted by molar-refractivity contribution is 0.161. The molecule has 0 radical (unpaired) electrons. The molecule has 0 aromatic heterocycles. The monoisotopic (exact) mass is 261 g/mol. The van der Waals surface area contributed by atoms with E-state index in [0.717, 1.165) is 11.3 Å². The Morgan fingerprint density at radius 3 is 2.28 bits per heavy atom. The molecule has 2 aromatic carbocycles. The smallest absolute Gasteiger partial charge is 0.0988 e. The second kappa shape index (κ2) is 5.89. The summed E-state index contributed by atoms with van der Waals surface area (Å²) >= 11 is 6.07. The summed E-state index contributed by atoms with van der Waals surface area (Å²) in [5, 5.41) is 14.1. The van der Waals surface area contributed by atoms with E-state index in [1.54, 1.807) is 0 Å². The van der Waals surface area contributed by atoms with Crippen LogP contribution in [0, 0.1) is 0 Å². The summed E-state index contributed by atoms with van der Waals surface area (Å²) in [7, 11) is 0. The molecule has 0 aliphatic carbocycles. The molecule has 2 N–H and O–H groups in total. The molecule has 3 heteroatoms. The lowest BCUT2D eigenvalue weighted by Gasteiger charge is -2.22. The van der Waals surface area contributed by atoms with Gasteiger partial charge in [0.15, 0.2) is 0 Å². The minimum absolute atomic E-state index is 0.118. The van der Waals surface area contributed by atoms with E-state index in [1.165, 1.54) is 0 Å². The van der Waals surface area contributed by atoms with Crippen LogP contribution in [0.4, 0.5) is 5.69 Å². The summed E-state index contributed by atoms with van der Waals surface area (Å²) in [4.78, 5) is 0. The molecule has 2 nitrogen and oxygen atoms in total. The van der Waals surface area contributed by atoms with Crippen LogP contribution in [0.25, 0.3) is 0 Å². The molecule has 0 unspecified atom stereocenters. The average Bonchev–Trinajstić information content (AvgIpc) is 2.41. The number of rotatable bonds is 4. The van der Waals surface area contributed by atoms with Crippen molar-refractivity contribution in [2.45, 2.75) is 19.1 Å². The average molecular weight is 262 g/mol. The van der Waals surface area contributed by atoms with Crippen molar-refractivity contribution in [1.82, 2.24) is 0 Å². The molecule has 0 amide bonds. The maximum Gasteiger partial charge on any atom is 0.0988 e. The summed E-state index contributed by atoms with van der Waals surface area (Å²) in [5.41, 5.74) is 1.73. The Morgan fingerprint density at radius 1 is 1.00 bits per heavy atom. The van der Waals surface area contributed by atoms with Crippen molar-refractivity contribution >= 4 is 17.3 Å². The molecule has 0 bridgehead atoms. The minimum Gasteiger partial charge on any atom is -0.386 e. The Morgan fingerprint density at radius 2 is 1.61 bits per heavy atom. The van der Waals surface area contributed by atoms with Gasteiger partial charge in [0.25, 0.3) is 0 Å². The van der Waals surface area contributed by atoms with Crippen LogP contribution in [0.15, 0.2) is 54.6 Å². The van der Waals surface area contributed by atoms with Gasteiger partial charge < -0.3 is 10.4 Å². The first-order valence-electron chi connectivity index (χ1n) is 5.92. The Labute approximate surface area is 112 Å². The third kappa shape index (κ3) is 3.03. The zero-order valence-corrected chi connectivity index (χ0v) is 10.9. The standard InChI is InChI=1S/C15H16ClNO/c1-11(15(18)12-7-3-2-4-8-12)17-14-10-6-5-9-13(14)16/h2-11,15,17-18H,1H3/t11-,15-/m0/s1. The maximum absolute atomic E-state index is 10.2. The second-order valence-corrected chi connectivity index (χ2v) is 4.68. The zero-order chi connectivity index (χ0) is 13.0. The van der Waals surface area contributed by atoms with Gasteiger partial charge in [-0.3, -0.25) is 0 Å². The number of aliphatic hydroxyl groups is 1. The third-order valence-corrected chi connectivity index (χ3v) is 3.20. The molecule has 0 aliphatic rings. The quantitative estimate of drug-likeness (QED) is 0.876. The zero-order valence-electron chi connectivity index (χ0n) is 10.2. The molecule has 0 heterocycles. The highest BCUT2D eigenvalue weighted by atomic mass is 35.5. The molecule has 0 fully saturated rings. The summed E-state index contributed by atoms with van der Waals surface area (Å²) in [6, 6.07) is 17.0. The second-order valence-electron chi connectivity index (χ2n) is 4.27. The molecular weight excluding hydrogens is 246 g/mol. The van der Waals surface area contributed by atoms with Gasteiger partial charge in [0, 0.05) is 0 Å². The van der Waals surface area contributed by atoms with Crippen LogP contribution >= 0.6 is 11.6 Å². The molecule has 18 heavy (non-hydrogen) atoms. The number of anilines is 1. The molecule has 0 saturated heterocycles. The van der Waals surface area contributed by atoms with Crippen LogP contribution in [-0.2, 0) is 0 Å². The van der Waals surface area contributed by atoms with Crippen molar-refractivity contribution in [3.63, 3.8) is 0 Å². The normalized spacial score (nSPS) is 13.9. The van der Waals surface area contributed by atoms with Crippen molar-refractivity contribution in [1.29, 1.82) is 0 Å². The van der Waals surface area contributed by atoms with Gasteiger partial charge in [0.2, 0.25) is 0 Å². The Hall–Kier alpha value is -1.51. The number of hydrogen-bond acceptors (Lipinski definition) is 2. The summed E-state index contributed by atoms with van der Waals surface area (Å²) in [5.74, 6) is 0. The van der Waals surface area contributed by atoms with E-state index >= 15 is 0 Å². The van der Waals surface area contributed by atoms with Crippen LogP contribution < -0.4 is 5.32 Å². The number of para-hydroxylation sites is 1. The van der Waals surface area contributed by atoms with E-state index in [1.807, 2.05) is 61.5 Å². The fourth-order valence-electron chi connectivity index (χ4n) is 1.84. The fourth-order valence-corrected chi connectivity index (χ4v) is 2.03. The Balaban J connectivity index is 2.09. The molecule has 2 atom stereocenters. The van der Waals surface area contributed by atoms with Gasteiger partial charge in [-0.15, -0.1) is 0 Å².